The van der Waals surface area contributed by atoms with Crippen LogP contribution in [0.15, 0.2) is 48.0 Å². The van der Waals surface area contributed by atoms with Crippen molar-refractivity contribution < 1.29 is 19.8 Å². The molecule has 5 heterocycles. The van der Waals surface area contributed by atoms with Gasteiger partial charge in [-0.25, -0.2) is 19.6 Å². The second-order valence-electron chi connectivity index (χ2n) is 7.26. The van der Waals surface area contributed by atoms with Crippen LogP contribution in [-0.2, 0) is 9.59 Å². The maximum absolute atomic E-state index is 11.5. The molecule has 8 nitrogen and oxygen atoms in total. The minimum Gasteiger partial charge on any atom is -0.477 e. The molecule has 8 heteroatoms. The molecule has 8 bridgehead atoms. The number of nitrogens with one attached hydrogen (secondary N) is 2. The minimum absolute atomic E-state index is 0.354. The summed E-state index contributed by atoms with van der Waals surface area (Å²) in [5, 5.41) is 18.7. The predicted octanol–water partition coefficient (Wildman–Crippen LogP) is 4.21. The third-order valence-electron chi connectivity index (χ3n) is 5.01. The molecule has 0 aliphatic carbocycles. The molecule has 32 heavy (non-hydrogen) atoms. The monoisotopic (exact) mass is 424 g/mol. The summed E-state index contributed by atoms with van der Waals surface area (Å²) in [5.74, 6) is -3.06. The van der Waals surface area contributed by atoms with E-state index in [0.29, 0.717) is 22.5 Å². The van der Waals surface area contributed by atoms with Gasteiger partial charge in [0.1, 0.15) is 5.57 Å². The molecule has 3 aromatic rings. The quantitative estimate of drug-likeness (QED) is 0.195. The molecule has 0 radical (unpaired) electrons. The van der Waals surface area contributed by atoms with Gasteiger partial charge in [-0.2, -0.15) is 0 Å². The van der Waals surface area contributed by atoms with E-state index in [9.17, 15) is 19.8 Å². The Morgan fingerprint density at radius 2 is 1.25 bits per heavy atom. The number of carboxylic acid groups (broad SMARTS) is 2. The molecule has 2 aliphatic rings. The summed E-state index contributed by atoms with van der Waals surface area (Å²) >= 11 is 0. The van der Waals surface area contributed by atoms with Gasteiger partial charge in [0.05, 0.1) is 22.8 Å². The fraction of sp³-hybridized carbons (Fsp3) is 0. The Balaban J connectivity index is 1.87. The Morgan fingerprint density at radius 3 is 1.88 bits per heavy atom. The SMILES string of the molecule is O=C(O)C(=Cc1c2nc(cc3ccc(cc4nc(cc5ccc1[nH]5)C=C4)[nH]3)C=C2)C(=O)O. The first kappa shape index (κ1) is 19.3. The van der Waals surface area contributed by atoms with E-state index in [2.05, 4.69) is 19.9 Å². The topological polar surface area (TPSA) is 132 Å². The van der Waals surface area contributed by atoms with Gasteiger partial charge in [0.25, 0.3) is 0 Å². The van der Waals surface area contributed by atoms with E-state index in [1.807, 2.05) is 48.6 Å². The Morgan fingerprint density at radius 1 is 0.719 bits per heavy atom. The zero-order valence-electron chi connectivity index (χ0n) is 16.5. The van der Waals surface area contributed by atoms with Crippen molar-refractivity contribution in [3.8, 4) is 0 Å². The number of aromatic amines is 2. The summed E-state index contributed by atoms with van der Waals surface area (Å²) in [6.07, 6.45) is 8.43. The van der Waals surface area contributed by atoms with E-state index in [4.69, 9.17) is 0 Å². The largest absolute Gasteiger partial charge is 0.477 e. The number of rotatable bonds is 3. The predicted molar refractivity (Wildman–Crippen MR) is 122 cm³/mol. The molecule has 4 N–H and O–H groups in total. The van der Waals surface area contributed by atoms with Gasteiger partial charge >= 0.3 is 11.9 Å². The lowest BCUT2D eigenvalue weighted by Crippen LogP contribution is -2.11. The number of aliphatic carboxylic acids is 2. The van der Waals surface area contributed by atoms with Crippen molar-refractivity contribution in [1.82, 2.24) is 19.9 Å². The van der Waals surface area contributed by atoms with Gasteiger partial charge in [0, 0.05) is 27.6 Å². The van der Waals surface area contributed by atoms with Crippen LogP contribution < -0.4 is 0 Å². The van der Waals surface area contributed by atoms with E-state index >= 15 is 0 Å². The molecule has 3 aromatic heterocycles. The summed E-state index contributed by atoms with van der Waals surface area (Å²) in [6.45, 7) is 0. The highest BCUT2D eigenvalue weighted by molar-refractivity contribution is 6.17. The van der Waals surface area contributed by atoms with Gasteiger partial charge in [-0.05, 0) is 72.8 Å². The van der Waals surface area contributed by atoms with Crippen molar-refractivity contribution in [3.05, 3.63) is 76.4 Å². The average Bonchev–Trinajstić information content (AvgIpc) is 3.52. The van der Waals surface area contributed by atoms with Crippen molar-refractivity contribution in [3.63, 3.8) is 0 Å². The van der Waals surface area contributed by atoms with Crippen LogP contribution in [0.25, 0.3) is 52.4 Å². The summed E-state index contributed by atoms with van der Waals surface area (Å²) in [5.41, 5.74) is 5.24. The molecule has 2 aliphatic heterocycles. The van der Waals surface area contributed by atoms with Gasteiger partial charge in [-0.1, -0.05) is 0 Å². The zero-order chi connectivity index (χ0) is 22.2. The normalized spacial score (nSPS) is 12.0. The van der Waals surface area contributed by atoms with E-state index in [-0.39, 0.29) is 0 Å². The third-order valence-corrected chi connectivity index (χ3v) is 5.01. The number of fused-ring (bicyclic) bond motifs is 8. The molecular weight excluding hydrogens is 408 g/mol. The van der Waals surface area contributed by atoms with E-state index in [1.165, 1.54) is 0 Å². The van der Waals surface area contributed by atoms with Gasteiger partial charge in [-0.15, -0.1) is 0 Å². The number of aromatic nitrogens is 4. The molecule has 0 saturated heterocycles. The molecule has 0 amide bonds. The molecule has 0 unspecified atom stereocenters. The Labute approximate surface area is 180 Å². The molecule has 156 valence electrons. The number of hydrogen-bond acceptors (Lipinski definition) is 4. The van der Waals surface area contributed by atoms with Crippen LogP contribution in [0.2, 0.25) is 0 Å². The van der Waals surface area contributed by atoms with Crippen LogP contribution in [0, 0.1) is 0 Å². The molecule has 0 atom stereocenters. The summed E-state index contributed by atoms with van der Waals surface area (Å²) in [7, 11) is 0. The Bertz CT molecular complexity index is 1520. The summed E-state index contributed by atoms with van der Waals surface area (Å²) in [4.78, 5) is 38.6. The summed E-state index contributed by atoms with van der Waals surface area (Å²) < 4.78 is 0. The highest BCUT2D eigenvalue weighted by atomic mass is 16.4. The maximum atomic E-state index is 11.5. The lowest BCUT2D eigenvalue weighted by molar-refractivity contribution is -0.140. The van der Waals surface area contributed by atoms with Crippen molar-refractivity contribution in [2.45, 2.75) is 0 Å². The van der Waals surface area contributed by atoms with Gasteiger partial charge in [0.15, 0.2) is 0 Å². The van der Waals surface area contributed by atoms with Gasteiger partial charge < -0.3 is 20.2 Å². The molecule has 0 saturated carbocycles. The zero-order valence-corrected chi connectivity index (χ0v) is 16.5. The van der Waals surface area contributed by atoms with Gasteiger partial charge in [-0.3, -0.25) is 0 Å². The number of carbonyl (C=O) groups is 2. The molecule has 5 rings (SSSR count). The van der Waals surface area contributed by atoms with Crippen molar-refractivity contribution in [2.75, 3.05) is 0 Å². The first-order valence-corrected chi connectivity index (χ1v) is 9.70. The van der Waals surface area contributed by atoms with Gasteiger partial charge in [0.2, 0.25) is 0 Å². The van der Waals surface area contributed by atoms with Crippen LogP contribution in [0.5, 0.6) is 0 Å². The fourth-order valence-corrected chi connectivity index (χ4v) is 3.54. The van der Waals surface area contributed by atoms with Crippen LogP contribution in [0.3, 0.4) is 0 Å². The highest BCUT2D eigenvalue weighted by Gasteiger charge is 2.18. The second kappa shape index (κ2) is 7.51. The summed E-state index contributed by atoms with van der Waals surface area (Å²) in [6, 6.07) is 13.1. The molecular formula is C24H16N4O4. The van der Waals surface area contributed by atoms with Crippen LogP contribution >= 0.6 is 0 Å². The van der Waals surface area contributed by atoms with Crippen LogP contribution in [0.1, 0.15) is 28.3 Å². The van der Waals surface area contributed by atoms with E-state index in [1.54, 1.807) is 18.2 Å². The maximum Gasteiger partial charge on any atom is 0.343 e. The molecule has 0 aromatic carbocycles. The standard InChI is InChI=1S/C24H16N4O4/c29-23(30)20(24(31)32)12-19-21-7-5-17(27-21)10-15-3-1-13(25-15)9-14-2-4-16(26-14)11-18-6-8-22(19)28-18/h1-12,25,28H,(H,29,30)(H,31,32). The highest BCUT2D eigenvalue weighted by Crippen LogP contribution is 2.23. The number of hydrogen-bond donors (Lipinski definition) is 4. The fourth-order valence-electron chi connectivity index (χ4n) is 3.54. The number of nitrogens with zero attached hydrogens (tertiary/aromatic N) is 2. The Kier molecular flexibility index (Phi) is 4.52. The van der Waals surface area contributed by atoms with Crippen molar-refractivity contribution in [2.24, 2.45) is 0 Å². The first-order chi connectivity index (χ1) is 15.4. The lowest BCUT2D eigenvalue weighted by Gasteiger charge is -1.99. The number of H-pyrrole nitrogens is 2. The molecule has 0 spiro atoms. The first-order valence-electron chi connectivity index (χ1n) is 9.70. The smallest absolute Gasteiger partial charge is 0.343 e. The third kappa shape index (κ3) is 3.72. The van der Waals surface area contributed by atoms with Crippen LogP contribution in [-0.4, -0.2) is 42.1 Å². The van der Waals surface area contributed by atoms with Crippen molar-refractivity contribution >= 4 is 64.4 Å². The van der Waals surface area contributed by atoms with Crippen molar-refractivity contribution in [1.29, 1.82) is 0 Å². The lowest BCUT2D eigenvalue weighted by atomic mass is 10.1. The van der Waals surface area contributed by atoms with E-state index in [0.717, 1.165) is 34.0 Å². The number of carboxylic acids is 2. The Hall–Kier alpha value is -4.72. The van der Waals surface area contributed by atoms with E-state index < -0.39 is 17.5 Å². The minimum atomic E-state index is -1.53. The average molecular weight is 424 g/mol. The molecule has 0 fully saturated rings. The van der Waals surface area contributed by atoms with Crippen LogP contribution in [0.4, 0.5) is 0 Å². The second-order valence-corrected chi connectivity index (χ2v) is 7.26.